The van der Waals surface area contributed by atoms with Crippen LogP contribution < -0.4 is 25.2 Å². The van der Waals surface area contributed by atoms with Gasteiger partial charge in [0.15, 0.2) is 5.11 Å². The molecule has 2 fully saturated rings. The van der Waals surface area contributed by atoms with Crippen LogP contribution in [-0.2, 0) is 31.8 Å². The summed E-state index contributed by atoms with van der Waals surface area (Å²) in [6, 6.07) is 24.5. The van der Waals surface area contributed by atoms with E-state index in [1.54, 1.807) is 53.2 Å². The third-order valence-electron chi connectivity index (χ3n) is 12.9. The number of alkyl halides is 3. The minimum absolute atomic E-state index is 0.0142. The number of halogens is 3. The molecule has 0 radical (unpaired) electrons. The van der Waals surface area contributed by atoms with Gasteiger partial charge in [0, 0.05) is 25.4 Å². The van der Waals surface area contributed by atoms with Crippen LogP contribution in [0.4, 0.5) is 24.5 Å². The SMILES string of the molecule is Cc1cc(-c2ccc(N3C(=S)N(c4ccc(C#N)c(C(F)(F)F)c4)C(=O)C3(C)C)cc2)ccc1OCCCCOCC(O)N[C@H](C(=O)N1CCC[C@H]1C(=O)NCc1ccc(-c2scnc2C)cc1)C(C)(C)C. The molecule has 2 aliphatic rings. The van der Waals surface area contributed by atoms with Gasteiger partial charge in [0.05, 0.1) is 58.2 Å². The van der Waals surface area contributed by atoms with Crippen LogP contribution in [0.5, 0.6) is 5.75 Å². The number of hydrogen-bond donors (Lipinski definition) is 3. The van der Waals surface area contributed by atoms with Crippen LogP contribution in [0.15, 0.2) is 90.4 Å². The number of aliphatic hydroxyl groups is 1. The standard InChI is InChI=1S/C54H60F3N7O6S2/c1-33-27-38(36-16-20-40(21-17-36)64-51(71)63(50(68)53(64,6)7)41-22-18-39(29-58)42(28-41)54(55,56)57)19-23-44(33)70-26-9-8-25-69-31-45(65)61-47(52(3,4)5)49(67)62-24-10-11-43(62)48(66)59-30-35-12-14-37(15-13-35)46-34(2)60-32-72-46/h12-23,27-28,32,43,45,47,61,65H,8-11,24-26,30-31H2,1-7H3,(H,59,66)/t43-,45?,47+/m0/s1. The van der Waals surface area contributed by atoms with Crippen molar-refractivity contribution in [1.29, 1.82) is 5.26 Å². The average molecular weight is 1020 g/mol. The number of nitriles is 1. The molecule has 13 nitrogen and oxygen atoms in total. The number of amides is 3. The Morgan fingerprint density at radius 3 is 2.26 bits per heavy atom. The Labute approximate surface area is 427 Å². The molecule has 5 aromatic rings. The number of aryl methyl sites for hydroxylation is 2. The van der Waals surface area contributed by atoms with Gasteiger partial charge in [-0.2, -0.15) is 18.4 Å². The summed E-state index contributed by atoms with van der Waals surface area (Å²) in [4.78, 5) is 50.9. The highest BCUT2D eigenvalue weighted by Gasteiger charge is 2.51. The predicted octanol–water partition coefficient (Wildman–Crippen LogP) is 9.71. The highest BCUT2D eigenvalue weighted by atomic mass is 32.1. The Morgan fingerprint density at radius 1 is 0.958 bits per heavy atom. The van der Waals surface area contributed by atoms with Crippen molar-refractivity contribution < 1.29 is 42.1 Å². The molecule has 4 aromatic carbocycles. The first-order valence-corrected chi connectivity index (χ1v) is 25.1. The number of hydrogen-bond acceptors (Lipinski definition) is 11. The second-order valence-electron chi connectivity index (χ2n) is 19.7. The Balaban J connectivity index is 0.847. The monoisotopic (exact) mass is 1020 g/mol. The second-order valence-corrected chi connectivity index (χ2v) is 20.9. The van der Waals surface area contributed by atoms with Gasteiger partial charge in [-0.05, 0) is 141 Å². The third-order valence-corrected chi connectivity index (χ3v) is 14.3. The molecule has 18 heteroatoms. The van der Waals surface area contributed by atoms with Gasteiger partial charge >= 0.3 is 6.18 Å². The van der Waals surface area contributed by atoms with E-state index < -0.39 is 52.5 Å². The zero-order valence-corrected chi connectivity index (χ0v) is 43.1. The Bertz CT molecular complexity index is 2820. The smallest absolute Gasteiger partial charge is 0.417 e. The molecule has 3 atom stereocenters. The molecule has 0 saturated carbocycles. The second kappa shape index (κ2) is 22.3. The normalized spacial score (nSPS) is 16.8. The highest BCUT2D eigenvalue weighted by molar-refractivity contribution is 7.81. The molecule has 3 amide bonds. The zero-order valence-electron chi connectivity index (χ0n) is 41.4. The van der Waals surface area contributed by atoms with Gasteiger partial charge in [-0.3, -0.25) is 24.6 Å². The number of carbonyl (C=O) groups is 3. The van der Waals surface area contributed by atoms with Crippen molar-refractivity contribution in [3.8, 4) is 33.4 Å². The molecule has 0 aliphatic carbocycles. The molecule has 0 spiro atoms. The summed E-state index contributed by atoms with van der Waals surface area (Å²) in [5.74, 6) is -0.225. The number of ether oxygens (including phenoxy) is 2. The molecular formula is C54H60F3N7O6S2. The Kier molecular flexibility index (Phi) is 16.6. The van der Waals surface area contributed by atoms with E-state index in [1.165, 1.54) is 6.07 Å². The molecule has 1 aromatic heterocycles. The number of nitrogens with zero attached hydrogens (tertiary/aromatic N) is 5. The number of thiocarbonyl (C=S) groups is 1. The molecule has 0 bridgehead atoms. The van der Waals surface area contributed by atoms with Crippen molar-refractivity contribution in [2.45, 2.75) is 111 Å². The fourth-order valence-corrected chi connectivity index (χ4v) is 10.3. The molecule has 2 saturated heterocycles. The van der Waals surface area contributed by atoms with E-state index in [-0.39, 0.29) is 29.2 Å². The topological polar surface area (TPSA) is 160 Å². The number of anilines is 2. The van der Waals surface area contributed by atoms with E-state index in [4.69, 9.17) is 21.7 Å². The number of thiazole rings is 1. The van der Waals surface area contributed by atoms with Crippen LogP contribution in [0.25, 0.3) is 21.6 Å². The lowest BCUT2D eigenvalue weighted by Crippen LogP contribution is -2.59. The fourth-order valence-electron chi connectivity index (χ4n) is 9.00. The lowest BCUT2D eigenvalue weighted by molar-refractivity contribution is -0.143. The number of carbonyl (C=O) groups excluding carboxylic acids is 3. The fraction of sp³-hybridized carbons (Fsp3) is 0.407. The summed E-state index contributed by atoms with van der Waals surface area (Å²) in [5.41, 5.74) is 4.57. The lowest BCUT2D eigenvalue weighted by atomic mass is 9.85. The Morgan fingerprint density at radius 2 is 1.62 bits per heavy atom. The van der Waals surface area contributed by atoms with Gasteiger partial charge in [-0.15, -0.1) is 11.3 Å². The molecule has 1 unspecified atom stereocenters. The van der Waals surface area contributed by atoms with Crippen LogP contribution in [0.2, 0.25) is 0 Å². The number of unbranched alkanes of at least 4 members (excludes halogenated alkanes) is 1. The van der Waals surface area contributed by atoms with Crippen LogP contribution in [0.1, 0.15) is 88.2 Å². The summed E-state index contributed by atoms with van der Waals surface area (Å²) in [7, 11) is 0. The van der Waals surface area contributed by atoms with Gasteiger partial charge in [-0.1, -0.05) is 63.2 Å². The molecule has 2 aliphatic heterocycles. The number of rotatable bonds is 18. The van der Waals surface area contributed by atoms with Crippen LogP contribution in [0, 0.1) is 30.6 Å². The number of aromatic nitrogens is 1. The van der Waals surface area contributed by atoms with E-state index in [9.17, 15) is 37.9 Å². The summed E-state index contributed by atoms with van der Waals surface area (Å²) >= 11 is 7.28. The highest BCUT2D eigenvalue weighted by Crippen LogP contribution is 2.40. The van der Waals surface area contributed by atoms with Crippen molar-refractivity contribution in [2.75, 3.05) is 36.2 Å². The third kappa shape index (κ3) is 12.0. The summed E-state index contributed by atoms with van der Waals surface area (Å²) in [6.07, 6.45) is -3.29. The van der Waals surface area contributed by atoms with E-state index in [2.05, 4.69) is 15.6 Å². The molecular weight excluding hydrogens is 964 g/mol. The van der Waals surface area contributed by atoms with E-state index in [0.29, 0.717) is 57.7 Å². The predicted molar refractivity (Wildman–Crippen MR) is 276 cm³/mol. The summed E-state index contributed by atoms with van der Waals surface area (Å²) in [5, 5.41) is 26.3. The van der Waals surface area contributed by atoms with Crippen molar-refractivity contribution in [2.24, 2.45) is 5.41 Å². The first-order valence-electron chi connectivity index (χ1n) is 23.8. The van der Waals surface area contributed by atoms with Gasteiger partial charge < -0.3 is 29.7 Å². The van der Waals surface area contributed by atoms with Crippen molar-refractivity contribution in [1.82, 2.24) is 20.5 Å². The van der Waals surface area contributed by atoms with Crippen LogP contribution in [0.3, 0.4) is 0 Å². The number of benzene rings is 4. The first-order chi connectivity index (χ1) is 34.1. The van der Waals surface area contributed by atoms with E-state index in [1.807, 2.05) is 94.7 Å². The molecule has 380 valence electrons. The first kappa shape index (κ1) is 53.6. The minimum atomic E-state index is -4.80. The maximum absolute atomic E-state index is 14.0. The Hall–Kier alpha value is -6.23. The molecule has 3 N–H and O–H groups in total. The number of likely N-dealkylation sites (tertiary alicyclic amines) is 1. The van der Waals surface area contributed by atoms with Gasteiger partial charge in [0.1, 0.15) is 23.6 Å². The van der Waals surface area contributed by atoms with Crippen LogP contribution in [-0.4, -0.2) is 88.0 Å². The quantitative estimate of drug-likeness (QED) is 0.0436. The van der Waals surface area contributed by atoms with Crippen LogP contribution >= 0.6 is 23.6 Å². The minimum Gasteiger partial charge on any atom is -0.493 e. The lowest BCUT2D eigenvalue weighted by Gasteiger charge is -2.36. The van der Waals surface area contributed by atoms with Crippen molar-refractivity contribution in [3.05, 3.63) is 118 Å². The zero-order chi connectivity index (χ0) is 52.1. The van der Waals surface area contributed by atoms with Gasteiger partial charge in [-0.25, -0.2) is 4.98 Å². The summed E-state index contributed by atoms with van der Waals surface area (Å²) < 4.78 is 53.3. The molecule has 7 rings (SSSR count). The number of aliphatic hydroxyl groups excluding tert-OH is 1. The maximum atomic E-state index is 14.0. The average Bonchev–Trinajstić information content (AvgIpc) is 4.05. The van der Waals surface area contributed by atoms with E-state index >= 15 is 0 Å². The molecule has 72 heavy (non-hydrogen) atoms. The largest absolute Gasteiger partial charge is 0.493 e. The van der Waals surface area contributed by atoms with Gasteiger partial charge in [0.2, 0.25) is 11.8 Å². The van der Waals surface area contributed by atoms with Crippen molar-refractivity contribution in [3.63, 3.8) is 0 Å². The summed E-state index contributed by atoms with van der Waals surface area (Å²) in [6.45, 7) is 14.6. The number of nitrogens with one attached hydrogen (secondary N) is 2. The maximum Gasteiger partial charge on any atom is 0.417 e. The molecule has 3 heterocycles. The van der Waals surface area contributed by atoms with Crippen molar-refractivity contribution >= 4 is 57.8 Å². The van der Waals surface area contributed by atoms with E-state index in [0.717, 1.165) is 61.2 Å². The van der Waals surface area contributed by atoms with Gasteiger partial charge in [0.25, 0.3) is 5.91 Å².